The van der Waals surface area contributed by atoms with Crippen LogP contribution in [0.5, 0.6) is 0 Å². The van der Waals surface area contributed by atoms with E-state index in [0.29, 0.717) is 10.8 Å². The van der Waals surface area contributed by atoms with Crippen molar-refractivity contribution in [1.82, 2.24) is 14.8 Å². The summed E-state index contributed by atoms with van der Waals surface area (Å²) in [7, 11) is 0. The van der Waals surface area contributed by atoms with Crippen molar-refractivity contribution in [1.29, 1.82) is 0 Å². The zero-order chi connectivity index (χ0) is 18.5. The molecule has 2 aromatic carbocycles. The van der Waals surface area contributed by atoms with Gasteiger partial charge in [0.25, 0.3) is 0 Å². The number of amides is 1. The van der Waals surface area contributed by atoms with Crippen molar-refractivity contribution in [2.45, 2.75) is 30.7 Å². The number of hydrogen-bond acceptors (Lipinski definition) is 4. The highest BCUT2D eigenvalue weighted by Gasteiger charge is 2.19. The number of nitrogens with zero attached hydrogens (tertiary/aromatic N) is 3. The summed E-state index contributed by atoms with van der Waals surface area (Å²) < 4.78 is 15.6. The van der Waals surface area contributed by atoms with E-state index in [4.69, 9.17) is 0 Å². The second kappa shape index (κ2) is 8.14. The van der Waals surface area contributed by atoms with Gasteiger partial charge in [0, 0.05) is 5.69 Å². The predicted molar refractivity (Wildman–Crippen MR) is 101 cm³/mol. The Labute approximate surface area is 155 Å². The van der Waals surface area contributed by atoms with E-state index in [1.165, 1.54) is 29.7 Å². The molecule has 0 fully saturated rings. The second-order valence-electron chi connectivity index (χ2n) is 5.73. The number of benzene rings is 2. The Bertz CT molecular complexity index is 895. The van der Waals surface area contributed by atoms with E-state index in [9.17, 15) is 9.18 Å². The Morgan fingerprint density at radius 3 is 2.65 bits per heavy atom. The minimum atomic E-state index is -0.421. The van der Waals surface area contributed by atoms with E-state index in [-0.39, 0.29) is 11.7 Å². The van der Waals surface area contributed by atoms with E-state index >= 15 is 0 Å². The summed E-state index contributed by atoms with van der Waals surface area (Å²) in [6, 6.07) is 14.1. The molecule has 1 aromatic heterocycles. The third-order valence-corrected chi connectivity index (χ3v) is 4.97. The van der Waals surface area contributed by atoms with Gasteiger partial charge < -0.3 is 5.32 Å². The number of carbonyl (C=O) groups excluding carboxylic acids is 1. The molecule has 0 saturated carbocycles. The standard InChI is InChI=1S/C19H19FN4OS/c1-3-14-8-10-15(11-9-14)22-18(25)13(2)26-19-23-21-12-24(19)17-7-5-4-6-16(17)20/h4-13H,3H2,1-2H3,(H,22,25)/t13-/m1/s1. The van der Waals surface area contributed by atoms with Crippen molar-refractivity contribution in [3.8, 4) is 5.69 Å². The van der Waals surface area contributed by atoms with Crippen LogP contribution >= 0.6 is 11.8 Å². The second-order valence-corrected chi connectivity index (χ2v) is 7.04. The van der Waals surface area contributed by atoms with Crippen LogP contribution in [0.1, 0.15) is 19.4 Å². The Balaban J connectivity index is 1.70. The van der Waals surface area contributed by atoms with Gasteiger partial charge in [-0.15, -0.1) is 10.2 Å². The van der Waals surface area contributed by atoms with Gasteiger partial charge in [-0.1, -0.05) is 43.0 Å². The number of carbonyl (C=O) groups is 1. The number of thioether (sulfide) groups is 1. The molecule has 1 atom stereocenters. The quantitative estimate of drug-likeness (QED) is 0.664. The average Bonchev–Trinajstić information content (AvgIpc) is 3.10. The van der Waals surface area contributed by atoms with Crippen molar-refractivity contribution in [2.75, 3.05) is 5.32 Å². The molecular formula is C19H19FN4OS. The van der Waals surface area contributed by atoms with Gasteiger partial charge in [-0.3, -0.25) is 9.36 Å². The largest absolute Gasteiger partial charge is 0.325 e. The lowest BCUT2D eigenvalue weighted by Gasteiger charge is -2.13. The fourth-order valence-electron chi connectivity index (χ4n) is 2.40. The van der Waals surface area contributed by atoms with Crippen LogP contribution in [0.15, 0.2) is 60.0 Å². The molecule has 1 heterocycles. The van der Waals surface area contributed by atoms with Crippen molar-refractivity contribution in [2.24, 2.45) is 0 Å². The van der Waals surface area contributed by atoms with Crippen molar-refractivity contribution in [3.05, 3.63) is 66.2 Å². The van der Waals surface area contributed by atoms with E-state index in [1.54, 1.807) is 29.7 Å². The van der Waals surface area contributed by atoms with Crippen LogP contribution in [0.25, 0.3) is 5.69 Å². The lowest BCUT2D eigenvalue weighted by molar-refractivity contribution is -0.115. The lowest BCUT2D eigenvalue weighted by atomic mass is 10.1. The number of halogens is 1. The molecule has 1 amide bonds. The van der Waals surface area contributed by atoms with E-state index in [1.807, 2.05) is 24.3 Å². The molecule has 0 unspecified atom stereocenters. The molecule has 0 aliphatic rings. The fraction of sp³-hybridized carbons (Fsp3) is 0.211. The Hall–Kier alpha value is -2.67. The van der Waals surface area contributed by atoms with Gasteiger partial charge >= 0.3 is 0 Å². The zero-order valence-electron chi connectivity index (χ0n) is 14.5. The summed E-state index contributed by atoms with van der Waals surface area (Å²) in [5, 5.41) is 10.8. The summed E-state index contributed by atoms with van der Waals surface area (Å²) >= 11 is 1.23. The highest BCUT2D eigenvalue weighted by atomic mass is 32.2. The minimum absolute atomic E-state index is 0.151. The highest BCUT2D eigenvalue weighted by Crippen LogP contribution is 2.25. The number of aryl methyl sites for hydroxylation is 1. The third kappa shape index (κ3) is 4.11. The molecule has 5 nitrogen and oxygen atoms in total. The third-order valence-electron chi connectivity index (χ3n) is 3.91. The van der Waals surface area contributed by atoms with Gasteiger partial charge in [0.1, 0.15) is 12.1 Å². The highest BCUT2D eigenvalue weighted by molar-refractivity contribution is 8.00. The summed E-state index contributed by atoms with van der Waals surface area (Å²) in [5.74, 6) is -0.524. The molecule has 26 heavy (non-hydrogen) atoms. The molecule has 0 radical (unpaired) electrons. The smallest absolute Gasteiger partial charge is 0.237 e. The first-order valence-corrected chi connectivity index (χ1v) is 9.18. The fourth-order valence-corrected chi connectivity index (χ4v) is 3.23. The number of hydrogen-bond donors (Lipinski definition) is 1. The summed E-state index contributed by atoms with van der Waals surface area (Å²) in [4.78, 5) is 12.4. The maximum atomic E-state index is 14.0. The summed E-state index contributed by atoms with van der Waals surface area (Å²) in [5.41, 5.74) is 2.31. The normalized spacial score (nSPS) is 12.0. The van der Waals surface area contributed by atoms with Gasteiger partial charge in [-0.2, -0.15) is 0 Å². The Morgan fingerprint density at radius 2 is 1.96 bits per heavy atom. The topological polar surface area (TPSA) is 59.8 Å². The molecule has 0 aliphatic heterocycles. The van der Waals surface area contributed by atoms with Gasteiger partial charge in [0.15, 0.2) is 5.16 Å². The van der Waals surface area contributed by atoms with Crippen LogP contribution in [0.3, 0.4) is 0 Å². The van der Waals surface area contributed by atoms with E-state index < -0.39 is 5.25 Å². The van der Waals surface area contributed by atoms with Crippen LogP contribution in [0.4, 0.5) is 10.1 Å². The maximum Gasteiger partial charge on any atom is 0.237 e. The zero-order valence-corrected chi connectivity index (χ0v) is 15.3. The Morgan fingerprint density at radius 1 is 1.23 bits per heavy atom. The Kier molecular flexibility index (Phi) is 5.68. The molecular weight excluding hydrogens is 351 g/mol. The predicted octanol–water partition coefficient (Wildman–Crippen LogP) is 4.09. The van der Waals surface area contributed by atoms with Gasteiger partial charge in [-0.25, -0.2) is 4.39 Å². The molecule has 0 saturated heterocycles. The molecule has 0 spiro atoms. The first-order valence-electron chi connectivity index (χ1n) is 8.30. The maximum absolute atomic E-state index is 14.0. The van der Waals surface area contributed by atoms with E-state index in [0.717, 1.165) is 12.1 Å². The van der Waals surface area contributed by atoms with Gasteiger partial charge in [-0.05, 0) is 43.2 Å². The van der Waals surface area contributed by atoms with Crippen LogP contribution in [-0.4, -0.2) is 25.9 Å². The monoisotopic (exact) mass is 370 g/mol. The van der Waals surface area contributed by atoms with E-state index in [2.05, 4.69) is 22.4 Å². The summed E-state index contributed by atoms with van der Waals surface area (Å²) in [6.07, 6.45) is 2.39. The first kappa shape index (κ1) is 18.1. The first-order chi connectivity index (χ1) is 12.6. The minimum Gasteiger partial charge on any atom is -0.325 e. The SMILES string of the molecule is CCc1ccc(NC(=O)[C@@H](C)Sc2nncn2-c2ccccc2F)cc1. The molecule has 1 N–H and O–H groups in total. The summed E-state index contributed by atoms with van der Waals surface area (Å²) in [6.45, 7) is 3.86. The van der Waals surface area contributed by atoms with Crippen LogP contribution in [0.2, 0.25) is 0 Å². The van der Waals surface area contributed by atoms with Crippen molar-refractivity contribution in [3.63, 3.8) is 0 Å². The molecule has 0 bridgehead atoms. The van der Waals surface area contributed by atoms with Gasteiger partial charge in [0.05, 0.1) is 10.9 Å². The number of rotatable bonds is 6. The molecule has 134 valence electrons. The number of aromatic nitrogens is 3. The van der Waals surface area contributed by atoms with Crippen LogP contribution < -0.4 is 5.32 Å². The number of para-hydroxylation sites is 1. The molecule has 7 heteroatoms. The number of anilines is 1. The number of nitrogens with one attached hydrogen (secondary N) is 1. The molecule has 3 rings (SSSR count). The average molecular weight is 370 g/mol. The van der Waals surface area contributed by atoms with Gasteiger partial charge in [0.2, 0.25) is 5.91 Å². The van der Waals surface area contributed by atoms with Crippen LogP contribution in [-0.2, 0) is 11.2 Å². The van der Waals surface area contributed by atoms with Crippen molar-refractivity contribution >= 4 is 23.4 Å². The molecule has 0 aliphatic carbocycles. The van der Waals surface area contributed by atoms with Crippen molar-refractivity contribution < 1.29 is 9.18 Å². The van der Waals surface area contributed by atoms with Crippen LogP contribution in [0, 0.1) is 5.82 Å². The lowest BCUT2D eigenvalue weighted by Crippen LogP contribution is -2.22. The molecule has 3 aromatic rings.